The molecule has 0 atom stereocenters. The van der Waals surface area contributed by atoms with E-state index in [-0.39, 0.29) is 18.0 Å². The molecule has 4 N–H and O–H groups in total. The number of piperidine rings is 1. The summed E-state index contributed by atoms with van der Waals surface area (Å²) in [6.07, 6.45) is 4.17. The molecule has 0 unspecified atom stereocenters. The molecule has 3 aromatic rings. The van der Waals surface area contributed by atoms with Crippen LogP contribution in [0.25, 0.3) is 11.0 Å². The van der Waals surface area contributed by atoms with Crippen LogP contribution in [0, 0.1) is 0 Å². The Balaban J connectivity index is 1.62. The van der Waals surface area contributed by atoms with Crippen LogP contribution in [-0.2, 0) is 19.5 Å². The SMILES string of the molecule is CCc1nc2c(cnn2CC)c(NC2CCN(C(N)=O)CC2)c1CNC(=O)c1ccc(C(C)C)cc1. The number of urea groups is 1. The van der Waals surface area contributed by atoms with Crippen molar-refractivity contribution < 1.29 is 9.59 Å². The molecule has 0 bridgehead atoms. The van der Waals surface area contributed by atoms with Crippen LogP contribution in [-0.4, -0.2) is 50.7 Å². The van der Waals surface area contributed by atoms with Crippen molar-refractivity contribution in [2.45, 2.75) is 72.0 Å². The fourth-order valence-corrected chi connectivity index (χ4v) is 4.79. The Hall–Kier alpha value is -3.62. The molecule has 0 spiro atoms. The molecule has 1 aliphatic rings. The highest BCUT2D eigenvalue weighted by atomic mass is 16.2. The van der Waals surface area contributed by atoms with Crippen molar-refractivity contribution in [1.29, 1.82) is 0 Å². The first-order valence-electron chi connectivity index (χ1n) is 12.9. The molecule has 2 aromatic heterocycles. The van der Waals surface area contributed by atoms with Crippen molar-refractivity contribution in [3.8, 4) is 0 Å². The number of primary amides is 1. The molecule has 0 aliphatic carbocycles. The number of nitrogens with two attached hydrogens (primary N) is 1. The molecule has 0 radical (unpaired) electrons. The molecule has 9 nitrogen and oxygen atoms in total. The Morgan fingerprint density at radius 2 is 1.83 bits per heavy atom. The van der Waals surface area contributed by atoms with Crippen molar-refractivity contribution in [2.75, 3.05) is 18.4 Å². The number of likely N-dealkylation sites (tertiary alicyclic amines) is 1. The maximum Gasteiger partial charge on any atom is 0.314 e. The molecule has 0 saturated carbocycles. The van der Waals surface area contributed by atoms with Crippen LogP contribution in [0.2, 0.25) is 0 Å². The van der Waals surface area contributed by atoms with E-state index in [9.17, 15) is 9.59 Å². The third-order valence-electron chi connectivity index (χ3n) is 7.03. The normalized spacial score (nSPS) is 14.4. The van der Waals surface area contributed by atoms with E-state index >= 15 is 0 Å². The first-order chi connectivity index (χ1) is 17.3. The number of rotatable bonds is 8. The number of carbonyl (C=O) groups is 2. The molecule has 36 heavy (non-hydrogen) atoms. The Morgan fingerprint density at radius 1 is 1.14 bits per heavy atom. The lowest BCUT2D eigenvalue weighted by atomic mass is 10.0. The predicted octanol–water partition coefficient (Wildman–Crippen LogP) is 4.02. The summed E-state index contributed by atoms with van der Waals surface area (Å²) in [4.78, 5) is 31.2. The third-order valence-corrected chi connectivity index (χ3v) is 7.03. The van der Waals surface area contributed by atoms with Crippen molar-refractivity contribution in [3.63, 3.8) is 0 Å². The summed E-state index contributed by atoms with van der Waals surface area (Å²) in [6.45, 7) is 10.7. The van der Waals surface area contributed by atoms with Gasteiger partial charge in [-0.05, 0) is 49.8 Å². The van der Waals surface area contributed by atoms with Gasteiger partial charge in [-0.1, -0.05) is 32.9 Å². The number of anilines is 1. The summed E-state index contributed by atoms with van der Waals surface area (Å²) in [5, 5.41) is 12.3. The highest BCUT2D eigenvalue weighted by Gasteiger charge is 2.25. The molecule has 1 saturated heterocycles. The fraction of sp³-hybridized carbons (Fsp3) is 0.481. The minimum absolute atomic E-state index is 0.113. The van der Waals surface area contributed by atoms with Crippen molar-refractivity contribution in [3.05, 3.63) is 52.8 Å². The van der Waals surface area contributed by atoms with Crippen LogP contribution in [0.15, 0.2) is 30.5 Å². The lowest BCUT2D eigenvalue weighted by Crippen LogP contribution is -2.44. The maximum absolute atomic E-state index is 13.0. The Morgan fingerprint density at radius 3 is 2.42 bits per heavy atom. The van der Waals surface area contributed by atoms with E-state index < -0.39 is 0 Å². The monoisotopic (exact) mass is 491 g/mol. The Kier molecular flexibility index (Phi) is 7.76. The van der Waals surface area contributed by atoms with Crippen LogP contribution in [0.1, 0.15) is 73.6 Å². The molecule has 4 rings (SSSR count). The summed E-state index contributed by atoms with van der Waals surface area (Å²) in [7, 11) is 0. The molecule has 192 valence electrons. The predicted molar refractivity (Wildman–Crippen MR) is 142 cm³/mol. The summed E-state index contributed by atoms with van der Waals surface area (Å²) < 4.78 is 1.90. The van der Waals surface area contributed by atoms with Gasteiger partial charge in [-0.25, -0.2) is 14.5 Å². The van der Waals surface area contributed by atoms with Gasteiger partial charge in [-0.15, -0.1) is 0 Å². The average molecular weight is 492 g/mol. The van der Waals surface area contributed by atoms with Crippen molar-refractivity contribution >= 4 is 28.7 Å². The van der Waals surface area contributed by atoms with Gasteiger partial charge < -0.3 is 21.3 Å². The Labute approximate surface area is 212 Å². The molecular weight excluding hydrogens is 454 g/mol. The number of hydrogen-bond donors (Lipinski definition) is 3. The number of nitrogens with one attached hydrogen (secondary N) is 2. The Bertz CT molecular complexity index is 1230. The number of nitrogens with zero attached hydrogens (tertiary/aromatic N) is 4. The summed E-state index contributed by atoms with van der Waals surface area (Å²) >= 11 is 0. The third kappa shape index (κ3) is 5.29. The zero-order chi connectivity index (χ0) is 25.8. The van der Waals surface area contributed by atoms with Crippen LogP contribution < -0.4 is 16.4 Å². The van der Waals surface area contributed by atoms with E-state index in [0.717, 1.165) is 53.8 Å². The molecule has 1 aliphatic heterocycles. The molecular formula is C27H37N7O2. The quantitative estimate of drug-likeness (QED) is 0.440. The van der Waals surface area contributed by atoms with Gasteiger partial charge in [-0.3, -0.25) is 4.79 Å². The van der Waals surface area contributed by atoms with Gasteiger partial charge in [0, 0.05) is 49.0 Å². The van der Waals surface area contributed by atoms with Gasteiger partial charge in [0.2, 0.25) is 0 Å². The lowest BCUT2D eigenvalue weighted by molar-refractivity contribution is 0.0951. The van der Waals surface area contributed by atoms with Gasteiger partial charge in [0.25, 0.3) is 5.91 Å². The maximum atomic E-state index is 13.0. The van der Waals surface area contributed by atoms with Gasteiger partial charge in [0.15, 0.2) is 5.65 Å². The minimum atomic E-state index is -0.373. The largest absolute Gasteiger partial charge is 0.381 e. The van der Waals surface area contributed by atoms with Gasteiger partial charge >= 0.3 is 6.03 Å². The topological polar surface area (TPSA) is 118 Å². The zero-order valence-electron chi connectivity index (χ0n) is 21.7. The average Bonchev–Trinajstić information content (AvgIpc) is 3.30. The van der Waals surface area contributed by atoms with Crippen LogP contribution >= 0.6 is 0 Å². The standard InChI is InChI=1S/C27H37N7O2/c1-5-23-21(15-29-26(35)19-9-7-18(8-10-19)17(3)4)24(22-16-30-34(6-2)25(22)32-23)31-20-11-13-33(14-12-20)27(28)36/h7-10,16-17,20H,5-6,11-15H2,1-4H3,(H2,28,36)(H,29,35)(H,31,32). The number of pyridine rings is 1. The van der Waals surface area contributed by atoms with Gasteiger partial charge in [0.05, 0.1) is 17.3 Å². The number of fused-ring (bicyclic) bond motifs is 1. The van der Waals surface area contributed by atoms with Crippen molar-refractivity contribution in [2.24, 2.45) is 5.73 Å². The highest BCUT2D eigenvalue weighted by Crippen LogP contribution is 2.31. The second kappa shape index (κ2) is 11.0. The number of hydrogen-bond acceptors (Lipinski definition) is 5. The summed E-state index contributed by atoms with van der Waals surface area (Å²) in [5.74, 6) is 0.303. The summed E-state index contributed by atoms with van der Waals surface area (Å²) in [5.41, 5.74) is 11.0. The van der Waals surface area contributed by atoms with Crippen LogP contribution in [0.4, 0.5) is 10.5 Å². The van der Waals surface area contributed by atoms with E-state index in [0.29, 0.717) is 31.1 Å². The highest BCUT2D eigenvalue weighted by molar-refractivity contribution is 5.95. The van der Waals surface area contributed by atoms with Crippen LogP contribution in [0.3, 0.4) is 0 Å². The number of carbonyl (C=O) groups excluding carboxylic acids is 2. The number of benzene rings is 1. The van der Waals surface area contributed by atoms with E-state index in [2.05, 4.69) is 36.5 Å². The summed E-state index contributed by atoms with van der Waals surface area (Å²) in [6, 6.07) is 7.58. The minimum Gasteiger partial charge on any atom is -0.381 e. The lowest BCUT2D eigenvalue weighted by Gasteiger charge is -2.32. The first-order valence-corrected chi connectivity index (χ1v) is 12.9. The van der Waals surface area contributed by atoms with Crippen molar-refractivity contribution in [1.82, 2.24) is 25.0 Å². The second-order valence-electron chi connectivity index (χ2n) is 9.67. The zero-order valence-corrected chi connectivity index (χ0v) is 21.7. The molecule has 3 heterocycles. The molecule has 9 heteroatoms. The number of aryl methyl sites for hydroxylation is 2. The van der Waals surface area contributed by atoms with E-state index in [4.69, 9.17) is 10.7 Å². The molecule has 3 amide bonds. The second-order valence-corrected chi connectivity index (χ2v) is 9.67. The number of aromatic nitrogens is 3. The molecule has 1 aromatic carbocycles. The van der Waals surface area contributed by atoms with Crippen LogP contribution in [0.5, 0.6) is 0 Å². The molecule has 1 fully saturated rings. The fourth-order valence-electron chi connectivity index (χ4n) is 4.79. The van der Waals surface area contributed by atoms with Gasteiger partial charge in [0.1, 0.15) is 0 Å². The van der Waals surface area contributed by atoms with E-state index in [1.165, 1.54) is 5.56 Å². The smallest absolute Gasteiger partial charge is 0.314 e. The van der Waals surface area contributed by atoms with Gasteiger partial charge in [-0.2, -0.15) is 5.10 Å². The van der Waals surface area contributed by atoms with E-state index in [1.807, 2.05) is 42.1 Å². The number of amides is 3. The van der Waals surface area contributed by atoms with E-state index in [1.54, 1.807) is 4.90 Å². The first kappa shape index (κ1) is 25.5.